The van der Waals surface area contributed by atoms with Gasteiger partial charge in [0.15, 0.2) is 0 Å². The van der Waals surface area contributed by atoms with Crippen LogP contribution in [0.4, 0.5) is 4.39 Å². The Morgan fingerprint density at radius 3 is 2.81 bits per heavy atom. The molecule has 0 spiro atoms. The van der Waals surface area contributed by atoms with Crippen molar-refractivity contribution in [2.24, 2.45) is 0 Å². The Morgan fingerprint density at radius 1 is 1.11 bits per heavy atom. The molecule has 0 radical (unpaired) electrons. The Hall–Kier alpha value is -1.75. The highest BCUT2D eigenvalue weighted by Gasteiger charge is 2.16. The molecule has 1 aromatic heterocycles. The quantitative estimate of drug-likeness (QED) is 0.577. The summed E-state index contributed by atoms with van der Waals surface area (Å²) in [6.45, 7) is 2.60. The van der Waals surface area contributed by atoms with Crippen molar-refractivity contribution in [3.05, 3.63) is 64.1 Å². The molecule has 0 saturated carbocycles. The standard InChI is InChI=1S/C21H22ClFN2O.ClH/c22-17-7-6-15(13-18(17)23)26-12-2-4-14-3-1-5-20-21(14)16-8-10-24-11-9-19(16)25-20;/h1,3,5-7,13,24-25H,2,4,8-12H2;1H. The number of benzene rings is 2. The number of hydrogen-bond donors (Lipinski definition) is 2. The Morgan fingerprint density at radius 2 is 1.96 bits per heavy atom. The van der Waals surface area contributed by atoms with Gasteiger partial charge in [0.25, 0.3) is 0 Å². The number of fused-ring (bicyclic) bond motifs is 3. The maximum absolute atomic E-state index is 13.5. The number of H-pyrrole nitrogens is 1. The van der Waals surface area contributed by atoms with E-state index in [1.807, 2.05) is 0 Å². The van der Waals surface area contributed by atoms with Crippen LogP contribution in [0.3, 0.4) is 0 Å². The number of aromatic nitrogens is 1. The molecule has 0 saturated heterocycles. The lowest BCUT2D eigenvalue weighted by atomic mass is 9.99. The van der Waals surface area contributed by atoms with Crippen LogP contribution in [0.2, 0.25) is 5.02 Å². The second-order valence-corrected chi connectivity index (χ2v) is 7.11. The molecule has 0 atom stereocenters. The van der Waals surface area contributed by atoms with Crippen LogP contribution in [-0.4, -0.2) is 24.7 Å². The van der Waals surface area contributed by atoms with Gasteiger partial charge in [0.05, 0.1) is 11.6 Å². The van der Waals surface area contributed by atoms with Crippen molar-refractivity contribution >= 4 is 34.9 Å². The van der Waals surface area contributed by atoms with Crippen LogP contribution in [0, 0.1) is 5.82 Å². The number of aromatic amines is 1. The first-order valence-electron chi connectivity index (χ1n) is 9.12. The van der Waals surface area contributed by atoms with Crippen LogP contribution in [-0.2, 0) is 19.3 Å². The van der Waals surface area contributed by atoms with E-state index in [9.17, 15) is 4.39 Å². The molecule has 2 aromatic carbocycles. The first-order chi connectivity index (χ1) is 12.7. The number of aryl methyl sites for hydroxylation is 1. The highest BCUT2D eigenvalue weighted by atomic mass is 35.5. The molecule has 0 amide bonds. The fraction of sp³-hybridized carbons (Fsp3) is 0.333. The van der Waals surface area contributed by atoms with Crippen molar-refractivity contribution in [2.75, 3.05) is 19.7 Å². The summed E-state index contributed by atoms with van der Waals surface area (Å²) in [6, 6.07) is 11.0. The average Bonchev–Trinajstić information content (AvgIpc) is 2.84. The van der Waals surface area contributed by atoms with E-state index < -0.39 is 5.82 Å². The second-order valence-electron chi connectivity index (χ2n) is 6.70. The fourth-order valence-electron chi connectivity index (χ4n) is 3.72. The predicted octanol–water partition coefficient (Wildman–Crippen LogP) is 5.08. The summed E-state index contributed by atoms with van der Waals surface area (Å²) < 4.78 is 19.1. The van der Waals surface area contributed by atoms with Crippen LogP contribution in [0.5, 0.6) is 5.75 Å². The van der Waals surface area contributed by atoms with E-state index in [0.29, 0.717) is 12.4 Å². The summed E-state index contributed by atoms with van der Waals surface area (Å²) in [6.07, 6.45) is 3.92. The van der Waals surface area contributed by atoms with E-state index in [-0.39, 0.29) is 17.4 Å². The molecule has 3 aromatic rings. The maximum atomic E-state index is 13.5. The van der Waals surface area contributed by atoms with Gasteiger partial charge in [0.1, 0.15) is 11.6 Å². The molecule has 27 heavy (non-hydrogen) atoms. The van der Waals surface area contributed by atoms with Gasteiger partial charge < -0.3 is 15.0 Å². The third-order valence-electron chi connectivity index (χ3n) is 4.96. The van der Waals surface area contributed by atoms with E-state index in [4.69, 9.17) is 16.3 Å². The van der Waals surface area contributed by atoms with Gasteiger partial charge in [-0.25, -0.2) is 4.39 Å². The van der Waals surface area contributed by atoms with Crippen molar-refractivity contribution in [2.45, 2.75) is 25.7 Å². The molecule has 1 aliphatic rings. The molecule has 4 rings (SSSR count). The summed E-state index contributed by atoms with van der Waals surface area (Å²) in [5, 5.41) is 4.96. The zero-order valence-corrected chi connectivity index (χ0v) is 16.6. The van der Waals surface area contributed by atoms with Crippen molar-refractivity contribution in [1.82, 2.24) is 10.3 Å². The average molecular weight is 409 g/mol. The molecule has 0 aliphatic carbocycles. The van der Waals surface area contributed by atoms with Gasteiger partial charge in [0.2, 0.25) is 0 Å². The molecule has 1 aliphatic heterocycles. The highest BCUT2D eigenvalue weighted by molar-refractivity contribution is 6.30. The Balaban J connectivity index is 0.00000210. The van der Waals surface area contributed by atoms with Crippen molar-refractivity contribution in [1.29, 1.82) is 0 Å². The van der Waals surface area contributed by atoms with E-state index >= 15 is 0 Å². The lowest BCUT2D eigenvalue weighted by Gasteiger charge is -2.09. The SMILES string of the molecule is Cl.Fc1cc(OCCCc2cccc3[nH]c4c(c23)CCNCC4)ccc1Cl. The lowest BCUT2D eigenvalue weighted by molar-refractivity contribution is 0.309. The zero-order valence-electron chi connectivity index (χ0n) is 15.0. The highest BCUT2D eigenvalue weighted by Crippen LogP contribution is 2.29. The molecule has 2 N–H and O–H groups in total. The number of hydrogen-bond acceptors (Lipinski definition) is 2. The van der Waals surface area contributed by atoms with Crippen molar-refractivity contribution in [3.8, 4) is 5.75 Å². The van der Waals surface area contributed by atoms with Gasteiger partial charge in [-0.2, -0.15) is 0 Å². The molecular formula is C21H23Cl2FN2O. The third kappa shape index (κ3) is 4.40. The molecule has 0 bridgehead atoms. The third-order valence-corrected chi connectivity index (χ3v) is 5.26. The van der Waals surface area contributed by atoms with Crippen LogP contribution in [0.15, 0.2) is 36.4 Å². The van der Waals surface area contributed by atoms with Crippen LogP contribution >= 0.6 is 24.0 Å². The van der Waals surface area contributed by atoms with Crippen LogP contribution < -0.4 is 10.1 Å². The maximum Gasteiger partial charge on any atom is 0.145 e. The molecule has 0 fully saturated rings. The summed E-state index contributed by atoms with van der Waals surface area (Å²) in [7, 11) is 0. The van der Waals surface area contributed by atoms with Gasteiger partial charge >= 0.3 is 0 Å². The van der Waals surface area contributed by atoms with Gasteiger partial charge in [-0.1, -0.05) is 23.7 Å². The minimum atomic E-state index is -0.447. The lowest BCUT2D eigenvalue weighted by Crippen LogP contribution is -2.16. The van der Waals surface area contributed by atoms with Gasteiger partial charge in [-0.3, -0.25) is 0 Å². The molecule has 0 unspecified atom stereocenters. The van der Waals surface area contributed by atoms with Crippen molar-refractivity contribution < 1.29 is 9.13 Å². The number of nitrogens with one attached hydrogen (secondary N) is 2. The molecular weight excluding hydrogens is 386 g/mol. The summed E-state index contributed by atoms with van der Waals surface area (Å²) in [5.74, 6) is 0.0734. The monoisotopic (exact) mass is 408 g/mol. The fourth-order valence-corrected chi connectivity index (χ4v) is 3.84. The molecule has 144 valence electrons. The van der Waals surface area contributed by atoms with Gasteiger partial charge in [0, 0.05) is 35.6 Å². The van der Waals surface area contributed by atoms with E-state index in [0.717, 1.165) is 38.8 Å². The normalized spacial score (nSPS) is 13.7. The van der Waals surface area contributed by atoms with Crippen molar-refractivity contribution in [3.63, 3.8) is 0 Å². The smallest absolute Gasteiger partial charge is 0.145 e. The summed E-state index contributed by atoms with van der Waals surface area (Å²) in [5.41, 5.74) is 5.41. The minimum Gasteiger partial charge on any atom is -0.493 e. The molecule has 2 heterocycles. The topological polar surface area (TPSA) is 37.0 Å². The largest absolute Gasteiger partial charge is 0.493 e. The minimum absolute atomic E-state index is 0. The van der Waals surface area contributed by atoms with Gasteiger partial charge in [-0.05, 0) is 55.1 Å². The van der Waals surface area contributed by atoms with E-state index in [1.54, 1.807) is 6.07 Å². The predicted molar refractivity (Wildman–Crippen MR) is 111 cm³/mol. The number of halogens is 3. The van der Waals surface area contributed by atoms with Gasteiger partial charge in [-0.15, -0.1) is 12.4 Å². The van der Waals surface area contributed by atoms with Crippen LogP contribution in [0.1, 0.15) is 23.2 Å². The Bertz CT molecular complexity index is 926. The van der Waals surface area contributed by atoms with Crippen LogP contribution in [0.25, 0.3) is 10.9 Å². The zero-order chi connectivity index (χ0) is 17.9. The summed E-state index contributed by atoms with van der Waals surface area (Å²) >= 11 is 5.70. The number of rotatable bonds is 5. The molecule has 3 nitrogen and oxygen atoms in total. The molecule has 6 heteroatoms. The van der Waals surface area contributed by atoms with E-state index in [2.05, 4.69) is 28.5 Å². The first kappa shape index (κ1) is 20.0. The summed E-state index contributed by atoms with van der Waals surface area (Å²) in [4.78, 5) is 3.60. The second kappa shape index (κ2) is 8.96. The number of ether oxygens (including phenoxy) is 1. The first-order valence-corrected chi connectivity index (χ1v) is 9.50. The van der Waals surface area contributed by atoms with E-state index in [1.165, 1.54) is 39.9 Å². The Labute approximate surface area is 169 Å². The Kier molecular flexibility index (Phi) is 6.64.